The minimum Gasteiger partial charge on any atom is -0.481 e. The maximum absolute atomic E-state index is 12.5. The van der Waals surface area contributed by atoms with Crippen molar-refractivity contribution >= 4 is 40.1 Å². The van der Waals surface area contributed by atoms with Crippen molar-refractivity contribution < 1.29 is 33.8 Å². The molecule has 27 heavy (non-hydrogen) atoms. The predicted molar refractivity (Wildman–Crippen MR) is 91.6 cm³/mol. The van der Waals surface area contributed by atoms with E-state index in [1.807, 2.05) is 6.92 Å². The Morgan fingerprint density at radius 1 is 1.22 bits per heavy atom. The monoisotopic (exact) mass is 372 g/mol. The summed E-state index contributed by atoms with van der Waals surface area (Å²) in [4.78, 5) is 58.5. The first-order chi connectivity index (χ1) is 12.8. The van der Waals surface area contributed by atoms with Crippen molar-refractivity contribution in [2.75, 3.05) is 6.61 Å². The van der Waals surface area contributed by atoms with Gasteiger partial charge in [0.2, 0.25) is 11.6 Å². The van der Waals surface area contributed by atoms with Crippen LogP contribution in [0.25, 0.3) is 10.9 Å². The van der Waals surface area contributed by atoms with Gasteiger partial charge in [-0.2, -0.15) is 0 Å². The Labute approximate surface area is 152 Å². The first kappa shape index (κ1) is 18.3. The van der Waals surface area contributed by atoms with Crippen LogP contribution in [-0.4, -0.2) is 45.5 Å². The number of carbonyl (C=O) groups excluding carboxylic acids is 4. The molecule has 0 unspecified atom stereocenters. The van der Waals surface area contributed by atoms with Crippen LogP contribution in [0.3, 0.4) is 0 Å². The second-order valence-electron chi connectivity index (χ2n) is 6.10. The zero-order chi connectivity index (χ0) is 19.9. The van der Waals surface area contributed by atoms with Crippen LogP contribution in [0.15, 0.2) is 18.2 Å². The lowest BCUT2D eigenvalue weighted by Gasteiger charge is -2.07. The number of benzene rings is 1. The van der Waals surface area contributed by atoms with E-state index in [-0.39, 0.29) is 16.7 Å². The Morgan fingerprint density at radius 3 is 2.41 bits per heavy atom. The van der Waals surface area contributed by atoms with Crippen molar-refractivity contribution in [1.82, 2.24) is 4.57 Å². The number of ketones is 3. The summed E-state index contributed by atoms with van der Waals surface area (Å²) in [6, 6.07) is 3.50. The molecule has 0 radical (unpaired) electrons. The van der Waals surface area contributed by atoms with Gasteiger partial charge in [-0.3, -0.25) is 19.2 Å². The van der Waals surface area contributed by atoms with Gasteiger partial charge in [-0.1, -0.05) is 19.4 Å². The third-order valence-corrected chi connectivity index (χ3v) is 4.30. The van der Waals surface area contributed by atoms with Crippen LogP contribution in [0.2, 0.25) is 0 Å². The molecule has 9 heteroatoms. The Bertz CT molecular complexity index is 1000. The van der Waals surface area contributed by atoms with E-state index in [4.69, 9.17) is 15.6 Å². The highest BCUT2D eigenvalue weighted by molar-refractivity contribution is 6.62. The highest BCUT2D eigenvalue weighted by Crippen LogP contribution is 2.40. The van der Waals surface area contributed by atoms with E-state index in [0.29, 0.717) is 24.1 Å². The number of aromatic nitrogens is 1. The molecule has 140 valence electrons. The van der Waals surface area contributed by atoms with Crippen LogP contribution < -0.4 is 10.5 Å². The molecule has 0 saturated heterocycles. The summed E-state index contributed by atoms with van der Waals surface area (Å²) in [5.41, 5.74) is 5.78. The number of fused-ring (bicyclic) bond motifs is 1. The maximum Gasteiger partial charge on any atom is 0.341 e. The molecule has 1 aliphatic carbocycles. The molecule has 0 aliphatic heterocycles. The van der Waals surface area contributed by atoms with Crippen LogP contribution in [0.4, 0.5) is 0 Å². The molecule has 9 nitrogen and oxygen atoms in total. The molecular weight excluding hydrogens is 356 g/mol. The number of primary amides is 1. The van der Waals surface area contributed by atoms with Crippen molar-refractivity contribution in [2.45, 2.75) is 25.8 Å². The number of aliphatic carboxylic acids is 1. The van der Waals surface area contributed by atoms with E-state index < -0.39 is 41.9 Å². The first-order valence-corrected chi connectivity index (χ1v) is 8.22. The van der Waals surface area contributed by atoms with Gasteiger partial charge in [0.25, 0.3) is 11.7 Å². The number of carboxylic acids is 1. The molecule has 0 spiro atoms. The third kappa shape index (κ3) is 2.97. The Morgan fingerprint density at radius 2 is 1.89 bits per heavy atom. The van der Waals surface area contributed by atoms with E-state index in [2.05, 4.69) is 0 Å². The van der Waals surface area contributed by atoms with E-state index >= 15 is 0 Å². The van der Waals surface area contributed by atoms with Crippen LogP contribution in [0.1, 0.15) is 35.4 Å². The number of amides is 1. The molecule has 3 N–H and O–H groups in total. The summed E-state index contributed by atoms with van der Waals surface area (Å²) >= 11 is 0. The van der Waals surface area contributed by atoms with E-state index in [1.54, 1.807) is 12.1 Å². The zero-order valence-electron chi connectivity index (χ0n) is 14.4. The van der Waals surface area contributed by atoms with Gasteiger partial charge in [0.05, 0.1) is 16.5 Å². The average molecular weight is 372 g/mol. The fourth-order valence-electron chi connectivity index (χ4n) is 3.19. The Kier molecular flexibility index (Phi) is 4.52. The molecule has 1 aliphatic rings. The van der Waals surface area contributed by atoms with Crippen molar-refractivity contribution in [1.29, 1.82) is 0 Å². The van der Waals surface area contributed by atoms with E-state index in [0.717, 1.165) is 0 Å². The van der Waals surface area contributed by atoms with Gasteiger partial charge in [-0.05, 0) is 18.6 Å². The van der Waals surface area contributed by atoms with Crippen LogP contribution in [-0.2, 0) is 25.6 Å². The second-order valence-corrected chi connectivity index (χ2v) is 6.10. The van der Waals surface area contributed by atoms with E-state index in [9.17, 15) is 24.0 Å². The highest BCUT2D eigenvalue weighted by Gasteiger charge is 2.52. The summed E-state index contributed by atoms with van der Waals surface area (Å²) in [7, 11) is 0. The zero-order valence-corrected chi connectivity index (χ0v) is 14.4. The van der Waals surface area contributed by atoms with Crippen molar-refractivity contribution in [3.8, 4) is 5.75 Å². The van der Waals surface area contributed by atoms with Crippen molar-refractivity contribution in [3.05, 3.63) is 29.5 Å². The summed E-state index contributed by atoms with van der Waals surface area (Å²) in [6.07, 6.45) is 0.869. The first-order valence-electron chi connectivity index (χ1n) is 8.22. The van der Waals surface area contributed by atoms with Gasteiger partial charge in [-0.15, -0.1) is 0 Å². The van der Waals surface area contributed by atoms with E-state index in [1.165, 1.54) is 10.6 Å². The number of nitrogens with two attached hydrogens (primary N) is 1. The molecule has 3 rings (SSSR count). The number of nitrogens with zero attached hydrogens (tertiary/aromatic N) is 1. The highest BCUT2D eigenvalue weighted by atomic mass is 16.5. The fourth-order valence-corrected chi connectivity index (χ4v) is 3.19. The number of hydrogen-bond acceptors (Lipinski definition) is 6. The van der Waals surface area contributed by atoms with Crippen LogP contribution >= 0.6 is 0 Å². The van der Waals surface area contributed by atoms with Gasteiger partial charge in [0, 0.05) is 5.69 Å². The topological polar surface area (TPSA) is 146 Å². The number of carbonyl (C=O) groups is 5. The van der Waals surface area contributed by atoms with Crippen LogP contribution in [0.5, 0.6) is 5.75 Å². The number of ether oxygens (including phenoxy) is 1. The molecule has 1 saturated carbocycles. The SMILES string of the molecule is CCCc1c(C(=O)C(N)=O)c2c(OCC(=O)O)cccc2n1C1C(=O)C1=O. The lowest BCUT2D eigenvalue weighted by Crippen LogP contribution is -2.24. The molecule has 1 aromatic carbocycles. The Hall–Kier alpha value is -3.49. The molecule has 2 aromatic rings. The smallest absolute Gasteiger partial charge is 0.341 e. The molecule has 1 fully saturated rings. The van der Waals surface area contributed by atoms with Gasteiger partial charge < -0.3 is 20.1 Å². The van der Waals surface area contributed by atoms with Crippen molar-refractivity contribution in [2.24, 2.45) is 5.73 Å². The molecular formula is C18H16N2O7. The van der Waals surface area contributed by atoms with Crippen molar-refractivity contribution in [3.63, 3.8) is 0 Å². The molecule has 1 aromatic heterocycles. The maximum atomic E-state index is 12.5. The minimum atomic E-state index is -1.23. The lowest BCUT2D eigenvalue weighted by atomic mass is 10.0. The molecule has 0 bridgehead atoms. The summed E-state index contributed by atoms with van der Waals surface area (Å²) in [5.74, 6) is -4.56. The fraction of sp³-hybridized carbons (Fsp3) is 0.278. The number of rotatable bonds is 8. The molecule has 1 heterocycles. The largest absolute Gasteiger partial charge is 0.481 e. The average Bonchev–Trinajstić information content (AvgIpc) is 3.06. The lowest BCUT2D eigenvalue weighted by molar-refractivity contribution is -0.139. The third-order valence-electron chi connectivity index (χ3n) is 4.30. The van der Waals surface area contributed by atoms with Gasteiger partial charge >= 0.3 is 5.97 Å². The Balaban J connectivity index is 2.35. The van der Waals surface area contributed by atoms with Crippen LogP contribution in [0, 0.1) is 0 Å². The summed E-state index contributed by atoms with van der Waals surface area (Å²) in [5, 5.41) is 9.03. The quantitative estimate of drug-likeness (QED) is 0.388. The molecule has 0 atom stereocenters. The second kappa shape index (κ2) is 6.67. The predicted octanol–water partition coefficient (Wildman–Crippen LogP) is 0.418. The normalized spacial score (nSPS) is 13.8. The molecule has 1 amide bonds. The summed E-state index contributed by atoms with van der Waals surface area (Å²) < 4.78 is 6.69. The number of carboxylic acid groups (broad SMARTS) is 1. The minimum absolute atomic E-state index is 0.0520. The van der Waals surface area contributed by atoms with Gasteiger partial charge in [0.1, 0.15) is 5.75 Å². The number of Topliss-reactive ketones (excluding diaryl/α,β-unsaturated/α-hetero) is 3. The van der Waals surface area contributed by atoms with Gasteiger partial charge in [0.15, 0.2) is 12.6 Å². The number of hydrogen-bond donors (Lipinski definition) is 2. The van der Waals surface area contributed by atoms with Gasteiger partial charge in [-0.25, -0.2) is 4.79 Å². The standard InChI is InChI=1S/C18H16N2O7/c1-2-4-8-13(15(23)18(19)26)12-9(20(8)14-16(24)17(14)25)5-3-6-10(12)27-7-11(21)22/h3,5-6,14H,2,4,7H2,1H3,(H2,19,26)(H,21,22). The summed E-state index contributed by atoms with van der Waals surface area (Å²) in [6.45, 7) is 1.16.